The van der Waals surface area contributed by atoms with Crippen molar-refractivity contribution in [3.05, 3.63) is 89.1 Å². The molecule has 0 saturated carbocycles. The van der Waals surface area contributed by atoms with E-state index < -0.39 is 96.7 Å². The third-order valence-electron chi connectivity index (χ3n) is 8.42. The number of hydrogen-bond acceptors (Lipinski definition) is 8. The number of ether oxygens (including phenoxy) is 1. The molecule has 0 unspecified atom stereocenters. The summed E-state index contributed by atoms with van der Waals surface area (Å²) in [5.74, 6) is -7.07. The van der Waals surface area contributed by atoms with Crippen LogP contribution in [-0.2, 0) is 42.8 Å². The Morgan fingerprint density at radius 1 is 0.981 bits per heavy atom. The van der Waals surface area contributed by atoms with Crippen LogP contribution < -0.4 is 10.2 Å². The van der Waals surface area contributed by atoms with E-state index in [1.807, 2.05) is 0 Å². The first-order chi connectivity index (χ1) is 23.9. The van der Waals surface area contributed by atoms with Crippen molar-refractivity contribution >= 4 is 27.5 Å². The second kappa shape index (κ2) is 13.2. The number of carbonyl (C=O) groups excluding carboxylic acids is 2. The Labute approximate surface area is 295 Å². The number of halogens is 6. The van der Waals surface area contributed by atoms with E-state index in [9.17, 15) is 31.2 Å². The molecule has 10 nitrogen and oxygen atoms in total. The quantitative estimate of drug-likeness (QED) is 0.190. The highest BCUT2D eigenvalue weighted by Crippen LogP contribution is 2.45. The van der Waals surface area contributed by atoms with E-state index in [0.717, 1.165) is 29.4 Å². The van der Waals surface area contributed by atoms with Crippen LogP contribution in [0.3, 0.4) is 0 Å². The Balaban J connectivity index is 1.58. The Bertz CT molecular complexity index is 2110. The van der Waals surface area contributed by atoms with Crippen LogP contribution in [0.5, 0.6) is 0 Å². The van der Waals surface area contributed by atoms with E-state index in [1.54, 1.807) is 12.1 Å². The number of hydrogen-bond donors (Lipinski definition) is 1. The zero-order valence-electron chi connectivity index (χ0n) is 28.7. The van der Waals surface area contributed by atoms with Crippen LogP contribution in [0.1, 0.15) is 63.6 Å². The first-order valence-electron chi connectivity index (χ1n) is 15.7. The Hall–Kier alpha value is -4.93. The van der Waals surface area contributed by atoms with Gasteiger partial charge in [0.1, 0.15) is 22.2 Å². The van der Waals surface area contributed by atoms with Gasteiger partial charge in [0.05, 0.1) is 23.4 Å². The minimum atomic E-state index is -4.52. The van der Waals surface area contributed by atoms with Crippen molar-refractivity contribution in [2.24, 2.45) is 0 Å². The molecule has 1 aliphatic heterocycles. The minimum Gasteiger partial charge on any atom is -0.444 e. The van der Waals surface area contributed by atoms with E-state index in [4.69, 9.17) is 9.15 Å². The molecule has 0 bridgehead atoms. The standard InChI is InChI=1S/C35H34F6N4O6S/c1-32(2,3)51-31(47)42-26-17-34(37,38)24-16-25(36)23(28-43-44-30(50-28)33(4,5)52(6,48)49)15-27(24)45(29(26)46)18-19-7-9-20(10-8-19)21-11-13-22(14-12-21)35(39,40)41/h7-16,26H,17-18H2,1-6H3,(H,42,47)/t26-/m1/s1. The van der Waals surface area contributed by atoms with Gasteiger partial charge in [-0.25, -0.2) is 26.4 Å². The predicted octanol–water partition coefficient (Wildman–Crippen LogP) is 7.76. The number of nitrogens with one attached hydrogen (secondary N) is 1. The minimum absolute atomic E-state index is 0.372. The SMILES string of the molecule is CC(C)(C)OC(=O)N[C@@H]1CC(F)(F)c2cc(F)c(-c3nnc(C(C)(C)S(C)(=O)=O)o3)cc2N(Cc2ccc(-c3ccc(C(F)(F)F)cc3)cc2)C1=O. The van der Waals surface area contributed by atoms with Gasteiger partial charge >= 0.3 is 12.3 Å². The lowest BCUT2D eigenvalue weighted by molar-refractivity contribution is -0.137. The average molecular weight is 753 g/mol. The Morgan fingerprint density at radius 2 is 1.56 bits per heavy atom. The van der Waals surface area contributed by atoms with Gasteiger partial charge in [-0.2, -0.15) is 13.2 Å². The fourth-order valence-electron chi connectivity index (χ4n) is 5.30. The molecule has 0 fully saturated rings. The van der Waals surface area contributed by atoms with Crippen molar-refractivity contribution in [2.45, 2.75) is 76.1 Å². The highest BCUT2D eigenvalue weighted by atomic mass is 32.2. The van der Waals surface area contributed by atoms with Gasteiger partial charge in [-0.05, 0) is 75.6 Å². The number of alkyl carbamates (subject to hydrolysis) is 1. The molecule has 1 aliphatic rings. The molecule has 1 aromatic heterocycles. The number of anilines is 1. The molecule has 17 heteroatoms. The van der Waals surface area contributed by atoms with Crippen LogP contribution in [0.2, 0.25) is 0 Å². The number of rotatable bonds is 7. The summed E-state index contributed by atoms with van der Waals surface area (Å²) >= 11 is 0. The highest BCUT2D eigenvalue weighted by molar-refractivity contribution is 7.91. The molecular weight excluding hydrogens is 718 g/mol. The maximum Gasteiger partial charge on any atom is 0.416 e. The summed E-state index contributed by atoms with van der Waals surface area (Å²) in [6.07, 6.45) is -5.99. The molecule has 5 rings (SSSR count). The summed E-state index contributed by atoms with van der Waals surface area (Å²) in [6.45, 7) is 6.80. The van der Waals surface area contributed by atoms with Gasteiger partial charge in [0.25, 0.3) is 11.8 Å². The van der Waals surface area contributed by atoms with Gasteiger partial charge in [0.15, 0.2) is 9.84 Å². The van der Waals surface area contributed by atoms with Gasteiger partial charge in [-0.15, -0.1) is 10.2 Å². The largest absolute Gasteiger partial charge is 0.444 e. The number of fused-ring (bicyclic) bond motifs is 1. The van der Waals surface area contributed by atoms with Crippen molar-refractivity contribution in [2.75, 3.05) is 11.2 Å². The lowest BCUT2D eigenvalue weighted by Gasteiger charge is -2.27. The number of carbonyl (C=O) groups is 2. The highest BCUT2D eigenvalue weighted by Gasteiger charge is 2.47. The lowest BCUT2D eigenvalue weighted by atomic mass is 9.99. The second-order valence-corrected chi connectivity index (χ2v) is 16.4. The molecule has 0 spiro atoms. The smallest absolute Gasteiger partial charge is 0.416 e. The molecular formula is C35H34F6N4O6S. The Kier molecular flexibility index (Phi) is 9.75. The molecule has 4 aromatic rings. The average Bonchev–Trinajstić information content (AvgIpc) is 3.50. The summed E-state index contributed by atoms with van der Waals surface area (Å²) in [5, 5.41) is 9.72. The van der Waals surface area contributed by atoms with E-state index in [1.165, 1.54) is 58.9 Å². The Morgan fingerprint density at radius 3 is 2.10 bits per heavy atom. The summed E-state index contributed by atoms with van der Waals surface area (Å²) in [4.78, 5) is 27.7. The number of sulfone groups is 1. The number of alkyl halides is 5. The molecule has 2 amide bonds. The van der Waals surface area contributed by atoms with Crippen LogP contribution in [0.25, 0.3) is 22.6 Å². The molecule has 0 aliphatic carbocycles. The fraction of sp³-hybridized carbons (Fsp3) is 0.371. The molecule has 2 heterocycles. The molecule has 278 valence electrons. The molecule has 0 radical (unpaired) electrons. The normalized spacial score (nSPS) is 16.7. The van der Waals surface area contributed by atoms with Gasteiger partial charge in [0, 0.05) is 18.2 Å². The maximum absolute atomic E-state index is 16.0. The molecule has 0 saturated heterocycles. The van der Waals surface area contributed by atoms with Crippen molar-refractivity contribution in [1.82, 2.24) is 15.5 Å². The first kappa shape index (κ1) is 38.3. The summed E-state index contributed by atoms with van der Waals surface area (Å²) in [5.41, 5.74) is -2.39. The van der Waals surface area contributed by atoms with E-state index in [0.29, 0.717) is 22.8 Å². The van der Waals surface area contributed by atoms with Crippen LogP contribution in [0.4, 0.5) is 36.8 Å². The summed E-state index contributed by atoms with van der Waals surface area (Å²) in [7, 11) is -3.81. The van der Waals surface area contributed by atoms with Gasteiger partial charge in [0.2, 0.25) is 11.8 Å². The number of benzene rings is 3. The van der Waals surface area contributed by atoms with Crippen molar-refractivity contribution in [3.8, 4) is 22.6 Å². The van der Waals surface area contributed by atoms with Crippen molar-refractivity contribution in [1.29, 1.82) is 0 Å². The second-order valence-electron chi connectivity index (χ2n) is 13.8. The molecule has 1 N–H and O–H groups in total. The van der Waals surface area contributed by atoms with Gasteiger partial charge in [-0.1, -0.05) is 36.4 Å². The molecule has 52 heavy (non-hydrogen) atoms. The van der Waals surface area contributed by atoms with Crippen LogP contribution in [0, 0.1) is 5.82 Å². The van der Waals surface area contributed by atoms with E-state index in [2.05, 4.69) is 15.5 Å². The third-order valence-corrected chi connectivity index (χ3v) is 10.5. The summed E-state index contributed by atoms with van der Waals surface area (Å²) < 4.78 is 121. The van der Waals surface area contributed by atoms with E-state index in [-0.39, 0.29) is 6.54 Å². The predicted molar refractivity (Wildman–Crippen MR) is 177 cm³/mol. The van der Waals surface area contributed by atoms with Crippen molar-refractivity contribution < 1.29 is 53.5 Å². The van der Waals surface area contributed by atoms with Gasteiger partial charge < -0.3 is 19.4 Å². The first-order valence-corrected chi connectivity index (χ1v) is 17.6. The molecule has 3 aromatic carbocycles. The lowest BCUT2D eigenvalue weighted by Crippen LogP contribution is -2.49. The topological polar surface area (TPSA) is 132 Å². The number of nitrogens with zero attached hydrogens (tertiary/aromatic N) is 3. The fourth-order valence-corrected chi connectivity index (χ4v) is 5.70. The third kappa shape index (κ3) is 7.93. The van der Waals surface area contributed by atoms with Crippen LogP contribution in [0.15, 0.2) is 65.1 Å². The number of amides is 2. The zero-order chi connectivity index (χ0) is 38.6. The van der Waals surface area contributed by atoms with Crippen LogP contribution >= 0.6 is 0 Å². The zero-order valence-corrected chi connectivity index (χ0v) is 29.5. The van der Waals surface area contributed by atoms with Crippen molar-refractivity contribution in [3.63, 3.8) is 0 Å². The number of aromatic nitrogens is 2. The maximum atomic E-state index is 16.0. The monoisotopic (exact) mass is 752 g/mol. The summed E-state index contributed by atoms with van der Waals surface area (Å²) in [6, 6.07) is 10.2. The van der Waals surface area contributed by atoms with Gasteiger partial charge in [-0.3, -0.25) is 4.79 Å². The van der Waals surface area contributed by atoms with E-state index >= 15 is 13.2 Å². The molecule has 1 atom stereocenters. The van der Waals surface area contributed by atoms with Crippen LogP contribution in [-0.4, -0.2) is 48.5 Å².